The summed E-state index contributed by atoms with van der Waals surface area (Å²) in [6.45, 7) is 0. The van der Waals surface area contributed by atoms with Gasteiger partial charge in [-0.2, -0.15) is 0 Å². The van der Waals surface area contributed by atoms with Crippen LogP contribution in [0.25, 0.3) is 0 Å². The van der Waals surface area contributed by atoms with Gasteiger partial charge in [0.05, 0.1) is 3.92 Å². The first-order chi connectivity index (χ1) is 6.86. The molecule has 1 aromatic rings. The Kier molecular flexibility index (Phi) is 2.19. The summed E-state index contributed by atoms with van der Waals surface area (Å²) >= 11 is 2.57. The van der Waals surface area contributed by atoms with Crippen molar-refractivity contribution in [2.45, 2.75) is 35.2 Å². The molecule has 1 fully saturated rings. The zero-order chi connectivity index (χ0) is 9.54. The van der Waals surface area contributed by atoms with Gasteiger partial charge in [-0.1, -0.05) is 40.8 Å². The molecular formula is C12H13IO. The van der Waals surface area contributed by atoms with Crippen molar-refractivity contribution >= 4 is 22.6 Å². The van der Waals surface area contributed by atoms with Crippen LogP contribution < -0.4 is 4.74 Å². The number of ether oxygens (including phenoxy) is 1. The molecule has 0 saturated heterocycles. The molecule has 1 saturated carbocycles. The molecule has 2 aliphatic rings. The van der Waals surface area contributed by atoms with Crippen LogP contribution in [0.15, 0.2) is 24.3 Å². The number of alkyl halides is 1. The molecule has 3 unspecified atom stereocenters. The predicted molar refractivity (Wildman–Crippen MR) is 65.3 cm³/mol. The van der Waals surface area contributed by atoms with Crippen LogP contribution in [-0.4, -0.2) is 10.0 Å². The van der Waals surface area contributed by atoms with Gasteiger partial charge >= 0.3 is 0 Å². The molecule has 0 spiro atoms. The molecule has 1 heterocycles. The van der Waals surface area contributed by atoms with Crippen LogP contribution in [0.1, 0.15) is 30.7 Å². The third kappa shape index (κ3) is 1.27. The average Bonchev–Trinajstić information content (AvgIpc) is 2.18. The van der Waals surface area contributed by atoms with E-state index in [0.29, 0.717) is 10.0 Å². The molecule has 0 amide bonds. The van der Waals surface area contributed by atoms with Crippen LogP contribution in [0, 0.1) is 0 Å². The fourth-order valence-corrected chi connectivity index (χ4v) is 3.88. The first kappa shape index (κ1) is 9.01. The van der Waals surface area contributed by atoms with Gasteiger partial charge in [0, 0.05) is 5.92 Å². The highest BCUT2D eigenvalue weighted by Crippen LogP contribution is 2.46. The lowest BCUT2D eigenvalue weighted by molar-refractivity contribution is 0.133. The Morgan fingerprint density at radius 3 is 3.00 bits per heavy atom. The van der Waals surface area contributed by atoms with Crippen LogP contribution in [0.3, 0.4) is 0 Å². The standard InChI is InChI=1S/C12H13IO/c13-12-9-5-3-7-11(12)14-10-6-2-1-4-8(9)10/h1-2,4,6,9,11-12H,3,5,7H2. The molecule has 1 aromatic carbocycles. The normalized spacial score (nSPS) is 34.5. The van der Waals surface area contributed by atoms with Gasteiger partial charge < -0.3 is 4.74 Å². The zero-order valence-electron chi connectivity index (χ0n) is 7.95. The Morgan fingerprint density at radius 2 is 2.07 bits per heavy atom. The van der Waals surface area contributed by atoms with E-state index in [9.17, 15) is 0 Å². The van der Waals surface area contributed by atoms with Crippen molar-refractivity contribution in [1.82, 2.24) is 0 Å². The van der Waals surface area contributed by atoms with Crippen molar-refractivity contribution < 1.29 is 4.74 Å². The highest BCUT2D eigenvalue weighted by atomic mass is 127. The Morgan fingerprint density at radius 1 is 1.21 bits per heavy atom. The van der Waals surface area contributed by atoms with Crippen molar-refractivity contribution in [2.75, 3.05) is 0 Å². The smallest absolute Gasteiger partial charge is 0.123 e. The molecule has 0 N–H and O–H groups in total. The molecule has 3 rings (SSSR count). The second-order valence-corrected chi connectivity index (χ2v) is 5.61. The summed E-state index contributed by atoms with van der Waals surface area (Å²) in [7, 11) is 0. The van der Waals surface area contributed by atoms with E-state index >= 15 is 0 Å². The van der Waals surface area contributed by atoms with Crippen molar-refractivity contribution in [2.24, 2.45) is 0 Å². The van der Waals surface area contributed by atoms with Gasteiger partial charge in [-0.3, -0.25) is 0 Å². The van der Waals surface area contributed by atoms with Gasteiger partial charge in [-0.05, 0) is 30.9 Å². The summed E-state index contributed by atoms with van der Waals surface area (Å²) < 4.78 is 6.68. The van der Waals surface area contributed by atoms with Gasteiger partial charge in [0.25, 0.3) is 0 Å². The number of hydrogen-bond acceptors (Lipinski definition) is 1. The summed E-state index contributed by atoms with van der Waals surface area (Å²) in [6, 6.07) is 8.54. The largest absolute Gasteiger partial charge is 0.489 e. The van der Waals surface area contributed by atoms with Crippen LogP contribution in [0.4, 0.5) is 0 Å². The number of fused-ring (bicyclic) bond motifs is 4. The predicted octanol–water partition coefficient (Wildman–Crippen LogP) is 3.52. The number of halogens is 1. The number of para-hydroxylation sites is 1. The third-order valence-electron chi connectivity index (χ3n) is 3.34. The Hall–Kier alpha value is -0.250. The Bertz CT molecular complexity index is 350. The first-order valence-corrected chi connectivity index (χ1v) is 6.50. The summed E-state index contributed by atoms with van der Waals surface area (Å²) in [5.74, 6) is 1.87. The van der Waals surface area contributed by atoms with E-state index in [1.165, 1.54) is 24.8 Å². The molecule has 1 nitrogen and oxygen atoms in total. The van der Waals surface area contributed by atoms with E-state index in [-0.39, 0.29) is 0 Å². The summed E-state index contributed by atoms with van der Waals surface area (Å²) in [6.07, 6.45) is 4.36. The van der Waals surface area contributed by atoms with Crippen molar-refractivity contribution in [3.63, 3.8) is 0 Å². The second kappa shape index (κ2) is 3.40. The number of rotatable bonds is 0. The second-order valence-electron chi connectivity index (χ2n) is 4.18. The summed E-state index contributed by atoms with van der Waals surface area (Å²) in [5, 5.41) is 0. The van der Waals surface area contributed by atoms with E-state index in [4.69, 9.17) is 4.74 Å². The number of benzene rings is 1. The lowest BCUT2D eigenvalue weighted by Gasteiger charge is -2.40. The van der Waals surface area contributed by atoms with Crippen LogP contribution >= 0.6 is 22.6 Å². The van der Waals surface area contributed by atoms with Gasteiger partial charge in [-0.25, -0.2) is 0 Å². The van der Waals surface area contributed by atoms with Crippen molar-refractivity contribution in [3.8, 4) is 5.75 Å². The maximum absolute atomic E-state index is 6.01. The SMILES string of the molecule is IC1C2CCCC1c1ccccc1O2. The zero-order valence-corrected chi connectivity index (χ0v) is 10.1. The van der Waals surface area contributed by atoms with Crippen molar-refractivity contribution in [3.05, 3.63) is 29.8 Å². The summed E-state index contributed by atoms with van der Waals surface area (Å²) in [5.41, 5.74) is 1.43. The monoisotopic (exact) mass is 300 g/mol. The minimum Gasteiger partial charge on any atom is -0.489 e. The molecule has 74 valence electrons. The lowest BCUT2D eigenvalue weighted by atomic mass is 9.80. The van der Waals surface area contributed by atoms with E-state index < -0.39 is 0 Å². The van der Waals surface area contributed by atoms with Crippen LogP contribution in [-0.2, 0) is 0 Å². The summed E-state index contributed by atoms with van der Waals surface area (Å²) in [4.78, 5) is 0. The minimum absolute atomic E-state index is 0.462. The molecule has 2 heteroatoms. The molecule has 3 atom stereocenters. The molecule has 0 radical (unpaired) electrons. The van der Waals surface area contributed by atoms with E-state index in [1.807, 2.05) is 0 Å². The first-order valence-electron chi connectivity index (χ1n) is 5.26. The van der Waals surface area contributed by atoms with Gasteiger partial charge in [0.2, 0.25) is 0 Å². The highest BCUT2D eigenvalue weighted by Gasteiger charge is 2.38. The lowest BCUT2D eigenvalue weighted by Crippen LogP contribution is -2.39. The molecule has 14 heavy (non-hydrogen) atoms. The topological polar surface area (TPSA) is 9.23 Å². The molecule has 1 aliphatic heterocycles. The van der Waals surface area contributed by atoms with Crippen molar-refractivity contribution in [1.29, 1.82) is 0 Å². The Labute approximate surface area is 98.0 Å². The van der Waals surface area contributed by atoms with Gasteiger partial charge in [0.15, 0.2) is 0 Å². The van der Waals surface area contributed by atoms with Gasteiger partial charge in [-0.15, -0.1) is 0 Å². The Balaban J connectivity index is 2.08. The van der Waals surface area contributed by atoms with Crippen LogP contribution in [0.5, 0.6) is 5.75 Å². The van der Waals surface area contributed by atoms with E-state index in [2.05, 4.69) is 46.9 Å². The average molecular weight is 300 g/mol. The quantitative estimate of drug-likeness (QED) is 0.526. The molecule has 1 aliphatic carbocycles. The van der Waals surface area contributed by atoms with E-state index in [1.54, 1.807) is 0 Å². The number of hydrogen-bond donors (Lipinski definition) is 0. The maximum atomic E-state index is 6.01. The molecule has 0 aromatic heterocycles. The third-order valence-corrected chi connectivity index (χ3v) is 5.01. The fourth-order valence-electron chi connectivity index (χ4n) is 2.62. The molecular weight excluding hydrogens is 287 g/mol. The fraction of sp³-hybridized carbons (Fsp3) is 0.500. The van der Waals surface area contributed by atoms with Gasteiger partial charge in [0.1, 0.15) is 11.9 Å². The minimum atomic E-state index is 0.462. The van der Waals surface area contributed by atoms with E-state index in [0.717, 1.165) is 11.7 Å². The highest BCUT2D eigenvalue weighted by molar-refractivity contribution is 14.1. The van der Waals surface area contributed by atoms with Crippen LogP contribution in [0.2, 0.25) is 0 Å². The molecule has 2 bridgehead atoms. The maximum Gasteiger partial charge on any atom is 0.123 e.